The van der Waals surface area contributed by atoms with Gasteiger partial charge < -0.3 is 11.2 Å². The molecule has 4 nitrogen and oxygen atoms in total. The van der Waals surface area contributed by atoms with Crippen LogP contribution in [-0.2, 0) is 4.79 Å². The summed E-state index contributed by atoms with van der Waals surface area (Å²) in [6, 6.07) is 0. The zero-order valence-corrected chi connectivity index (χ0v) is 13.7. The molecule has 0 aromatic carbocycles. The molecule has 0 unspecified atom stereocenters. The Morgan fingerprint density at radius 1 is 1.18 bits per heavy atom. The van der Waals surface area contributed by atoms with Crippen molar-refractivity contribution in [2.75, 3.05) is 0 Å². The SMILES string of the molecule is C[C@]12CCC(=O)NC1=CC[C@@H]1[C@@H]2CC[C@]2(C)/C(=N/N)CC[C@@H]12. The van der Waals surface area contributed by atoms with Crippen LogP contribution < -0.4 is 11.2 Å². The molecule has 1 amide bonds. The van der Waals surface area contributed by atoms with E-state index in [9.17, 15) is 4.79 Å². The van der Waals surface area contributed by atoms with Gasteiger partial charge in [-0.1, -0.05) is 19.9 Å². The predicted molar refractivity (Wildman–Crippen MR) is 86.9 cm³/mol. The van der Waals surface area contributed by atoms with Crippen molar-refractivity contribution >= 4 is 11.6 Å². The fourth-order valence-corrected chi connectivity index (χ4v) is 6.19. The topological polar surface area (TPSA) is 67.5 Å². The molecular formula is C18H27N3O. The Bertz CT molecular complexity index is 581. The predicted octanol–water partition coefficient (Wildman–Crippen LogP) is 2.95. The van der Waals surface area contributed by atoms with Gasteiger partial charge in [-0.15, -0.1) is 0 Å². The zero-order valence-electron chi connectivity index (χ0n) is 13.7. The third kappa shape index (κ3) is 1.70. The average Bonchev–Trinajstić information content (AvgIpc) is 2.84. The molecule has 0 radical (unpaired) electrons. The number of hydrogen-bond donors (Lipinski definition) is 2. The third-order valence-electron chi connectivity index (χ3n) is 7.51. The van der Waals surface area contributed by atoms with Crippen LogP contribution in [0.2, 0.25) is 0 Å². The molecule has 22 heavy (non-hydrogen) atoms. The van der Waals surface area contributed by atoms with E-state index in [4.69, 9.17) is 5.84 Å². The number of carbonyl (C=O) groups is 1. The summed E-state index contributed by atoms with van der Waals surface area (Å²) >= 11 is 0. The second kappa shape index (κ2) is 4.59. The summed E-state index contributed by atoms with van der Waals surface area (Å²) < 4.78 is 0. The molecule has 0 bridgehead atoms. The molecule has 1 heterocycles. The number of amides is 1. The Balaban J connectivity index is 1.70. The highest BCUT2D eigenvalue weighted by Gasteiger charge is 2.58. The lowest BCUT2D eigenvalue weighted by molar-refractivity contribution is -0.124. The molecule has 0 aromatic rings. The number of nitrogens with one attached hydrogen (secondary N) is 1. The highest BCUT2D eigenvalue weighted by Crippen LogP contribution is 2.62. The molecule has 120 valence electrons. The Morgan fingerprint density at radius 3 is 2.73 bits per heavy atom. The summed E-state index contributed by atoms with van der Waals surface area (Å²) in [5, 5.41) is 7.29. The van der Waals surface area contributed by atoms with E-state index in [1.54, 1.807) is 0 Å². The van der Waals surface area contributed by atoms with E-state index >= 15 is 0 Å². The molecule has 2 saturated carbocycles. The number of nitrogens with zero attached hydrogens (tertiary/aromatic N) is 1. The third-order valence-corrected chi connectivity index (χ3v) is 7.51. The molecule has 5 atom stereocenters. The molecular weight excluding hydrogens is 274 g/mol. The smallest absolute Gasteiger partial charge is 0.224 e. The van der Waals surface area contributed by atoms with E-state index in [0.717, 1.165) is 25.2 Å². The first-order valence-corrected chi connectivity index (χ1v) is 8.77. The Morgan fingerprint density at radius 2 is 1.95 bits per heavy atom. The molecule has 0 aromatic heterocycles. The van der Waals surface area contributed by atoms with E-state index in [0.29, 0.717) is 18.3 Å². The van der Waals surface area contributed by atoms with Crippen molar-refractivity contribution in [1.82, 2.24) is 5.32 Å². The Kier molecular flexibility index (Phi) is 2.98. The maximum Gasteiger partial charge on any atom is 0.224 e. The molecule has 1 saturated heterocycles. The minimum Gasteiger partial charge on any atom is -0.330 e. The number of hydrazone groups is 1. The lowest BCUT2D eigenvalue weighted by Gasteiger charge is -2.56. The van der Waals surface area contributed by atoms with Gasteiger partial charge in [-0.05, 0) is 56.3 Å². The maximum absolute atomic E-state index is 11.8. The number of allylic oxidation sites excluding steroid dienone is 2. The minimum atomic E-state index is 0.167. The molecule has 4 rings (SSSR count). The molecule has 4 aliphatic rings. The summed E-state index contributed by atoms with van der Waals surface area (Å²) in [5.74, 6) is 8.00. The van der Waals surface area contributed by atoms with Crippen LogP contribution in [0, 0.1) is 28.6 Å². The van der Waals surface area contributed by atoms with Crippen LogP contribution in [0.4, 0.5) is 0 Å². The van der Waals surface area contributed by atoms with Crippen molar-refractivity contribution in [2.24, 2.45) is 39.5 Å². The fraction of sp³-hybridized carbons (Fsp3) is 0.778. The van der Waals surface area contributed by atoms with Gasteiger partial charge in [-0.25, -0.2) is 0 Å². The normalized spacial score (nSPS) is 49.0. The van der Waals surface area contributed by atoms with Gasteiger partial charge in [0, 0.05) is 28.7 Å². The Labute approximate surface area is 132 Å². The summed E-state index contributed by atoms with van der Waals surface area (Å²) in [5.41, 5.74) is 2.84. The lowest BCUT2D eigenvalue weighted by Crippen LogP contribution is -2.53. The molecule has 1 aliphatic heterocycles. The number of carbonyl (C=O) groups excluding carboxylic acids is 1. The highest BCUT2D eigenvalue weighted by atomic mass is 16.1. The number of piperidine rings is 1. The number of rotatable bonds is 0. The van der Waals surface area contributed by atoms with Gasteiger partial charge in [0.15, 0.2) is 0 Å². The first-order valence-electron chi connectivity index (χ1n) is 8.77. The van der Waals surface area contributed by atoms with Crippen LogP contribution >= 0.6 is 0 Å². The number of nitrogens with two attached hydrogens (primary N) is 1. The van der Waals surface area contributed by atoms with Crippen molar-refractivity contribution in [2.45, 2.75) is 58.8 Å². The molecule has 3 N–H and O–H groups in total. The Hall–Kier alpha value is -1.32. The van der Waals surface area contributed by atoms with Crippen LogP contribution in [0.25, 0.3) is 0 Å². The standard InChI is InChI=1S/C18H27N3O/c1-17-10-8-16(22)20-14(17)5-3-11-12-4-6-15(21-19)18(12,2)9-7-13(11)17/h5,11-13H,3-4,6-10,19H2,1-2H3,(H,20,22)/b21-15+/t11-,12-,13-,17+,18-/m0/s1. The van der Waals surface area contributed by atoms with Crippen LogP contribution in [0.5, 0.6) is 0 Å². The van der Waals surface area contributed by atoms with Crippen LogP contribution in [0.15, 0.2) is 16.9 Å². The van der Waals surface area contributed by atoms with E-state index in [2.05, 4.69) is 30.3 Å². The van der Waals surface area contributed by atoms with Crippen molar-refractivity contribution < 1.29 is 4.79 Å². The summed E-state index contributed by atoms with van der Waals surface area (Å²) in [7, 11) is 0. The summed E-state index contributed by atoms with van der Waals surface area (Å²) in [4.78, 5) is 11.8. The van der Waals surface area contributed by atoms with Crippen molar-refractivity contribution in [3.63, 3.8) is 0 Å². The second-order valence-corrected chi connectivity index (χ2v) is 8.27. The fourth-order valence-electron chi connectivity index (χ4n) is 6.19. The minimum absolute atomic E-state index is 0.167. The van der Waals surface area contributed by atoms with E-state index in [1.165, 1.54) is 30.7 Å². The monoisotopic (exact) mass is 301 g/mol. The summed E-state index contributed by atoms with van der Waals surface area (Å²) in [6.07, 6.45) is 9.85. The van der Waals surface area contributed by atoms with Gasteiger partial charge in [0.05, 0.1) is 0 Å². The van der Waals surface area contributed by atoms with Gasteiger partial charge in [-0.3, -0.25) is 4.79 Å². The quantitative estimate of drug-likeness (QED) is 0.533. The van der Waals surface area contributed by atoms with Gasteiger partial charge in [0.2, 0.25) is 5.91 Å². The highest BCUT2D eigenvalue weighted by molar-refractivity contribution is 5.92. The van der Waals surface area contributed by atoms with E-state index in [-0.39, 0.29) is 16.7 Å². The van der Waals surface area contributed by atoms with Crippen molar-refractivity contribution in [3.8, 4) is 0 Å². The molecule has 3 fully saturated rings. The maximum atomic E-state index is 11.8. The average molecular weight is 301 g/mol. The number of fused-ring (bicyclic) bond motifs is 5. The first kappa shape index (κ1) is 14.3. The number of hydrogen-bond acceptors (Lipinski definition) is 3. The zero-order chi connectivity index (χ0) is 15.5. The summed E-state index contributed by atoms with van der Waals surface area (Å²) in [6.45, 7) is 4.77. The molecule has 3 aliphatic carbocycles. The second-order valence-electron chi connectivity index (χ2n) is 8.27. The van der Waals surface area contributed by atoms with Crippen molar-refractivity contribution in [3.05, 3.63) is 11.8 Å². The van der Waals surface area contributed by atoms with E-state index < -0.39 is 0 Å². The van der Waals surface area contributed by atoms with Crippen LogP contribution in [0.3, 0.4) is 0 Å². The molecule has 4 heteroatoms. The van der Waals surface area contributed by atoms with E-state index in [1.807, 2.05) is 0 Å². The van der Waals surface area contributed by atoms with Gasteiger partial charge in [-0.2, -0.15) is 5.10 Å². The van der Waals surface area contributed by atoms with Gasteiger partial charge >= 0.3 is 0 Å². The van der Waals surface area contributed by atoms with Crippen LogP contribution in [0.1, 0.15) is 58.8 Å². The van der Waals surface area contributed by atoms with Gasteiger partial charge in [0.1, 0.15) is 0 Å². The van der Waals surface area contributed by atoms with Crippen LogP contribution in [-0.4, -0.2) is 11.6 Å². The van der Waals surface area contributed by atoms with Gasteiger partial charge in [0.25, 0.3) is 0 Å². The lowest BCUT2D eigenvalue weighted by atomic mass is 9.50. The first-order chi connectivity index (χ1) is 10.5. The van der Waals surface area contributed by atoms with Crippen molar-refractivity contribution in [1.29, 1.82) is 0 Å². The molecule has 0 spiro atoms. The largest absolute Gasteiger partial charge is 0.330 e.